The van der Waals surface area contributed by atoms with Crippen LogP contribution in [-0.2, 0) is 14.3 Å². The van der Waals surface area contributed by atoms with Gasteiger partial charge in [0.15, 0.2) is 0 Å². The molecule has 0 spiro atoms. The number of halogens is 2. The zero-order valence-corrected chi connectivity index (χ0v) is 14.3. The minimum Gasteiger partial charge on any atom is -0.463 e. The number of ether oxygens (including phenoxy) is 2. The highest BCUT2D eigenvalue weighted by atomic mass is 19.1. The Labute approximate surface area is 144 Å². The quantitative estimate of drug-likeness (QED) is 0.797. The molecule has 1 heterocycles. The number of hydrogen-bond donors (Lipinski definition) is 1. The van der Waals surface area contributed by atoms with Crippen molar-refractivity contribution in [3.05, 3.63) is 46.7 Å². The molecule has 1 unspecified atom stereocenters. The van der Waals surface area contributed by atoms with Gasteiger partial charge in [-0.3, -0.25) is 4.90 Å². The molecule has 0 bridgehead atoms. The van der Waals surface area contributed by atoms with E-state index in [9.17, 15) is 18.4 Å². The Morgan fingerprint density at radius 1 is 1.32 bits per heavy atom. The number of carbonyl (C=O) groups excluding carboxylic acids is 2. The van der Waals surface area contributed by atoms with Gasteiger partial charge in [-0.1, -0.05) is 6.07 Å². The standard InChI is InChI=1S/C17H20F2N2O4/c1-4-25-16(22)13-10(2)21(8-9-24-3)17(23)20-15(13)14-11(18)6-5-7-12(14)19/h5-7,15H,4,8-9H2,1-3H3,(H,20,23). The summed E-state index contributed by atoms with van der Waals surface area (Å²) in [5.41, 5.74) is -0.141. The van der Waals surface area contributed by atoms with Crippen molar-refractivity contribution >= 4 is 12.0 Å². The van der Waals surface area contributed by atoms with Crippen LogP contribution >= 0.6 is 0 Å². The van der Waals surface area contributed by atoms with Gasteiger partial charge >= 0.3 is 12.0 Å². The lowest BCUT2D eigenvalue weighted by molar-refractivity contribution is -0.139. The maximum absolute atomic E-state index is 14.2. The number of urea groups is 1. The highest BCUT2D eigenvalue weighted by Gasteiger charge is 2.38. The Morgan fingerprint density at radius 3 is 2.52 bits per heavy atom. The maximum Gasteiger partial charge on any atom is 0.338 e. The van der Waals surface area contributed by atoms with Crippen LogP contribution in [0.5, 0.6) is 0 Å². The molecule has 1 aliphatic rings. The van der Waals surface area contributed by atoms with Gasteiger partial charge in [-0.05, 0) is 26.0 Å². The summed E-state index contributed by atoms with van der Waals surface area (Å²) in [5, 5.41) is 2.49. The van der Waals surface area contributed by atoms with Gasteiger partial charge in [0.05, 0.1) is 36.9 Å². The molecule has 1 aromatic rings. The van der Waals surface area contributed by atoms with Gasteiger partial charge in [0, 0.05) is 12.8 Å². The molecule has 8 heteroatoms. The van der Waals surface area contributed by atoms with Crippen LogP contribution < -0.4 is 5.32 Å². The average Bonchev–Trinajstić information content (AvgIpc) is 2.54. The number of rotatable bonds is 6. The van der Waals surface area contributed by atoms with Gasteiger partial charge in [0.1, 0.15) is 11.6 Å². The van der Waals surface area contributed by atoms with E-state index in [-0.39, 0.29) is 31.0 Å². The lowest BCUT2D eigenvalue weighted by Gasteiger charge is -2.35. The predicted octanol–water partition coefficient (Wildman–Crippen LogP) is 2.51. The van der Waals surface area contributed by atoms with E-state index in [2.05, 4.69) is 5.32 Å². The van der Waals surface area contributed by atoms with Crippen LogP contribution in [0.4, 0.5) is 13.6 Å². The Morgan fingerprint density at radius 2 is 1.96 bits per heavy atom. The normalized spacial score (nSPS) is 17.6. The van der Waals surface area contributed by atoms with Gasteiger partial charge in [0.2, 0.25) is 0 Å². The van der Waals surface area contributed by atoms with Gasteiger partial charge in [-0.25, -0.2) is 18.4 Å². The molecular formula is C17H20F2N2O4. The highest BCUT2D eigenvalue weighted by molar-refractivity contribution is 5.95. The fourth-order valence-corrected chi connectivity index (χ4v) is 2.71. The third-order valence-electron chi connectivity index (χ3n) is 3.90. The Hall–Kier alpha value is -2.48. The van der Waals surface area contributed by atoms with Crippen LogP contribution in [0, 0.1) is 11.6 Å². The van der Waals surface area contributed by atoms with E-state index in [1.165, 1.54) is 25.0 Å². The highest BCUT2D eigenvalue weighted by Crippen LogP contribution is 2.33. The van der Waals surface area contributed by atoms with E-state index in [0.717, 1.165) is 12.1 Å². The molecule has 2 rings (SSSR count). The second-order valence-electron chi connectivity index (χ2n) is 5.38. The second kappa shape index (κ2) is 8.06. The van der Waals surface area contributed by atoms with Crippen molar-refractivity contribution in [1.29, 1.82) is 0 Å². The fourth-order valence-electron chi connectivity index (χ4n) is 2.71. The average molecular weight is 354 g/mol. The van der Waals surface area contributed by atoms with Crippen LogP contribution in [0.25, 0.3) is 0 Å². The Kier molecular flexibility index (Phi) is 6.08. The maximum atomic E-state index is 14.2. The number of nitrogens with one attached hydrogen (secondary N) is 1. The van der Waals surface area contributed by atoms with Crippen LogP contribution in [0.1, 0.15) is 25.5 Å². The van der Waals surface area contributed by atoms with Crippen molar-refractivity contribution in [2.75, 3.05) is 26.9 Å². The summed E-state index contributed by atoms with van der Waals surface area (Å²) >= 11 is 0. The minimum absolute atomic E-state index is 0.0125. The molecule has 0 fully saturated rings. The first kappa shape index (κ1) is 18.9. The van der Waals surface area contributed by atoms with Crippen molar-refractivity contribution in [2.45, 2.75) is 19.9 Å². The van der Waals surface area contributed by atoms with Gasteiger partial charge in [0.25, 0.3) is 0 Å². The number of nitrogens with zero attached hydrogens (tertiary/aromatic N) is 1. The second-order valence-corrected chi connectivity index (χ2v) is 5.38. The third kappa shape index (κ3) is 3.79. The fraction of sp³-hybridized carbons (Fsp3) is 0.412. The molecule has 0 saturated carbocycles. The van der Waals surface area contributed by atoms with Gasteiger partial charge < -0.3 is 14.8 Å². The molecule has 25 heavy (non-hydrogen) atoms. The van der Waals surface area contributed by atoms with Crippen molar-refractivity contribution in [1.82, 2.24) is 10.2 Å². The largest absolute Gasteiger partial charge is 0.463 e. The number of carbonyl (C=O) groups is 2. The number of methoxy groups -OCH3 is 1. The molecule has 1 aromatic carbocycles. The van der Waals surface area contributed by atoms with Crippen LogP contribution in [0.3, 0.4) is 0 Å². The summed E-state index contributed by atoms with van der Waals surface area (Å²) < 4.78 is 38.4. The van der Waals surface area contributed by atoms with E-state index in [0.29, 0.717) is 0 Å². The zero-order chi connectivity index (χ0) is 18.6. The molecule has 6 nitrogen and oxygen atoms in total. The Balaban J connectivity index is 2.56. The van der Waals surface area contributed by atoms with Gasteiger partial charge in [-0.15, -0.1) is 0 Å². The monoisotopic (exact) mass is 354 g/mol. The molecule has 0 aliphatic carbocycles. The first-order valence-corrected chi connectivity index (χ1v) is 7.81. The lowest BCUT2D eigenvalue weighted by Crippen LogP contribution is -2.49. The summed E-state index contributed by atoms with van der Waals surface area (Å²) in [6.07, 6.45) is 0. The molecule has 136 valence electrons. The van der Waals surface area contributed by atoms with Crippen LogP contribution in [-0.4, -0.2) is 43.8 Å². The summed E-state index contributed by atoms with van der Waals surface area (Å²) in [4.78, 5) is 26.1. The number of hydrogen-bond acceptors (Lipinski definition) is 4. The van der Waals surface area contributed by atoms with Crippen molar-refractivity contribution in [3.63, 3.8) is 0 Å². The van der Waals surface area contributed by atoms with Crippen LogP contribution in [0.2, 0.25) is 0 Å². The molecule has 1 N–H and O–H groups in total. The van der Waals surface area contributed by atoms with E-state index >= 15 is 0 Å². The molecule has 1 aliphatic heterocycles. The first-order chi connectivity index (χ1) is 11.9. The van der Waals surface area contributed by atoms with Crippen LogP contribution in [0.15, 0.2) is 29.5 Å². The molecular weight excluding hydrogens is 334 g/mol. The molecule has 0 radical (unpaired) electrons. The summed E-state index contributed by atoms with van der Waals surface area (Å²) in [7, 11) is 1.48. The first-order valence-electron chi connectivity index (χ1n) is 7.81. The zero-order valence-electron chi connectivity index (χ0n) is 14.3. The van der Waals surface area contributed by atoms with E-state index in [1.807, 2.05) is 0 Å². The number of allylic oxidation sites excluding steroid dienone is 1. The smallest absolute Gasteiger partial charge is 0.338 e. The van der Waals surface area contributed by atoms with E-state index in [4.69, 9.17) is 9.47 Å². The van der Waals surface area contributed by atoms with Crippen molar-refractivity contribution in [2.24, 2.45) is 0 Å². The summed E-state index contributed by atoms with van der Waals surface area (Å²) in [6, 6.07) is 1.51. The molecule has 1 atom stereocenters. The van der Waals surface area contributed by atoms with Crippen molar-refractivity contribution < 1.29 is 27.8 Å². The summed E-state index contributed by atoms with van der Waals surface area (Å²) in [5.74, 6) is -2.45. The third-order valence-corrected chi connectivity index (χ3v) is 3.90. The summed E-state index contributed by atoms with van der Waals surface area (Å²) in [6.45, 7) is 3.67. The predicted molar refractivity (Wildman–Crippen MR) is 85.5 cm³/mol. The molecule has 0 saturated heterocycles. The lowest BCUT2D eigenvalue weighted by atomic mass is 9.94. The van der Waals surface area contributed by atoms with Crippen molar-refractivity contribution in [3.8, 4) is 0 Å². The molecule has 2 amide bonds. The number of benzene rings is 1. The van der Waals surface area contributed by atoms with E-state index in [1.54, 1.807) is 6.92 Å². The molecule has 0 aromatic heterocycles. The van der Waals surface area contributed by atoms with E-state index < -0.39 is 35.2 Å². The Bertz CT molecular complexity index is 686. The SMILES string of the molecule is CCOC(=O)C1=C(C)N(CCOC)C(=O)NC1c1c(F)cccc1F. The number of amides is 2. The topological polar surface area (TPSA) is 67.9 Å². The minimum atomic E-state index is -1.27. The number of esters is 1. The van der Waals surface area contributed by atoms with Gasteiger partial charge in [-0.2, -0.15) is 0 Å².